The molecule has 2 heteroatoms. The molecule has 0 heterocycles. The normalized spacial score (nSPS) is 15.7. The number of benzene rings is 1. The molecule has 86 valence electrons. The molecule has 0 aliphatic heterocycles. The van der Waals surface area contributed by atoms with Crippen LogP contribution in [0.4, 0.5) is 0 Å². The van der Waals surface area contributed by atoms with Gasteiger partial charge < -0.3 is 0 Å². The van der Waals surface area contributed by atoms with E-state index in [4.69, 9.17) is 5.84 Å². The Hall–Kier alpha value is -1.12. The first-order chi connectivity index (χ1) is 7.70. The van der Waals surface area contributed by atoms with Crippen molar-refractivity contribution in [1.29, 1.82) is 0 Å². The van der Waals surface area contributed by atoms with Gasteiger partial charge in [-0.05, 0) is 49.8 Å². The molecule has 0 radical (unpaired) electrons. The van der Waals surface area contributed by atoms with Crippen LogP contribution in [0.3, 0.4) is 0 Å². The first-order valence-electron chi connectivity index (χ1n) is 5.93. The van der Waals surface area contributed by atoms with Gasteiger partial charge in [0.05, 0.1) is 6.04 Å². The van der Waals surface area contributed by atoms with Crippen LogP contribution in [0.15, 0.2) is 29.8 Å². The van der Waals surface area contributed by atoms with E-state index in [-0.39, 0.29) is 6.04 Å². The van der Waals surface area contributed by atoms with Crippen molar-refractivity contribution in [3.8, 4) is 0 Å². The largest absolute Gasteiger partial charge is 0.271 e. The van der Waals surface area contributed by atoms with Crippen LogP contribution in [0.1, 0.15) is 43.0 Å². The molecule has 1 unspecified atom stereocenters. The lowest BCUT2D eigenvalue weighted by Crippen LogP contribution is -2.26. The molecule has 0 saturated carbocycles. The maximum atomic E-state index is 5.60. The van der Waals surface area contributed by atoms with Crippen molar-refractivity contribution in [3.05, 3.63) is 46.5 Å². The number of nitrogens with one attached hydrogen (secondary N) is 1. The van der Waals surface area contributed by atoms with Crippen LogP contribution in [-0.4, -0.2) is 0 Å². The molecule has 0 aromatic heterocycles. The highest BCUT2D eigenvalue weighted by Gasteiger charge is 2.13. The van der Waals surface area contributed by atoms with E-state index in [1.54, 1.807) is 0 Å². The molecule has 1 aliphatic carbocycles. The van der Waals surface area contributed by atoms with Gasteiger partial charge in [-0.2, -0.15) is 0 Å². The van der Waals surface area contributed by atoms with E-state index in [9.17, 15) is 0 Å². The predicted molar refractivity (Wildman–Crippen MR) is 68.0 cm³/mol. The lowest BCUT2D eigenvalue weighted by molar-refractivity contribution is 0.651. The van der Waals surface area contributed by atoms with E-state index < -0.39 is 0 Å². The molecule has 1 aliphatic rings. The van der Waals surface area contributed by atoms with Crippen LogP contribution >= 0.6 is 0 Å². The number of hydrazine groups is 1. The SMILES string of the molecule is CC(C)=CC(NN)c1ccc2c(c1)CCC2. The third kappa shape index (κ3) is 2.34. The van der Waals surface area contributed by atoms with Crippen molar-refractivity contribution in [2.24, 2.45) is 5.84 Å². The second-order valence-electron chi connectivity index (χ2n) is 4.77. The minimum atomic E-state index is 0.135. The summed E-state index contributed by atoms with van der Waals surface area (Å²) >= 11 is 0. The highest BCUT2D eigenvalue weighted by atomic mass is 15.2. The number of nitrogens with two attached hydrogens (primary N) is 1. The van der Waals surface area contributed by atoms with Crippen LogP contribution in [-0.2, 0) is 12.8 Å². The van der Waals surface area contributed by atoms with Crippen molar-refractivity contribution in [1.82, 2.24) is 5.43 Å². The van der Waals surface area contributed by atoms with Gasteiger partial charge in [-0.1, -0.05) is 29.8 Å². The van der Waals surface area contributed by atoms with Gasteiger partial charge in [0.15, 0.2) is 0 Å². The van der Waals surface area contributed by atoms with Gasteiger partial charge in [-0.15, -0.1) is 0 Å². The molecule has 1 aromatic rings. The van der Waals surface area contributed by atoms with Crippen molar-refractivity contribution in [2.45, 2.75) is 39.2 Å². The van der Waals surface area contributed by atoms with Gasteiger partial charge >= 0.3 is 0 Å². The molecule has 0 fully saturated rings. The highest BCUT2D eigenvalue weighted by molar-refractivity contribution is 5.37. The Morgan fingerprint density at radius 3 is 2.75 bits per heavy atom. The molecule has 2 rings (SSSR count). The van der Waals surface area contributed by atoms with Crippen LogP contribution in [0, 0.1) is 0 Å². The average Bonchev–Trinajstić information content (AvgIpc) is 2.72. The summed E-state index contributed by atoms with van der Waals surface area (Å²) in [6.07, 6.45) is 5.91. The molecule has 0 bridgehead atoms. The smallest absolute Gasteiger partial charge is 0.0643 e. The molecule has 2 nitrogen and oxygen atoms in total. The molecule has 16 heavy (non-hydrogen) atoms. The van der Waals surface area contributed by atoms with Gasteiger partial charge in [0.25, 0.3) is 0 Å². The highest BCUT2D eigenvalue weighted by Crippen LogP contribution is 2.26. The maximum absolute atomic E-state index is 5.60. The van der Waals surface area contributed by atoms with Gasteiger partial charge in [0, 0.05) is 0 Å². The van der Waals surface area contributed by atoms with E-state index in [2.05, 4.69) is 43.5 Å². The Morgan fingerprint density at radius 2 is 2.06 bits per heavy atom. The fourth-order valence-electron chi connectivity index (χ4n) is 2.36. The van der Waals surface area contributed by atoms with Gasteiger partial charge in [-0.25, -0.2) is 5.43 Å². The summed E-state index contributed by atoms with van der Waals surface area (Å²) < 4.78 is 0. The molecule has 1 aromatic carbocycles. The fraction of sp³-hybridized carbons (Fsp3) is 0.429. The molecular weight excluding hydrogens is 196 g/mol. The number of fused-ring (bicyclic) bond motifs is 1. The van der Waals surface area contributed by atoms with E-state index in [0.29, 0.717) is 0 Å². The molecular formula is C14H20N2. The van der Waals surface area contributed by atoms with Gasteiger partial charge in [0.1, 0.15) is 0 Å². The molecule has 0 amide bonds. The van der Waals surface area contributed by atoms with Crippen molar-refractivity contribution >= 4 is 0 Å². The summed E-state index contributed by atoms with van der Waals surface area (Å²) in [5.74, 6) is 5.60. The van der Waals surface area contributed by atoms with Crippen molar-refractivity contribution in [3.63, 3.8) is 0 Å². The molecule has 0 saturated heterocycles. The second-order valence-corrected chi connectivity index (χ2v) is 4.77. The quantitative estimate of drug-likeness (QED) is 0.463. The standard InChI is InChI=1S/C14H20N2/c1-10(2)8-14(16-15)13-7-6-11-4-3-5-12(11)9-13/h6-9,14,16H,3-5,15H2,1-2H3. The maximum Gasteiger partial charge on any atom is 0.0643 e. The Kier molecular flexibility index (Phi) is 3.42. The minimum absolute atomic E-state index is 0.135. The molecule has 3 N–H and O–H groups in total. The monoisotopic (exact) mass is 216 g/mol. The van der Waals surface area contributed by atoms with Crippen LogP contribution in [0.5, 0.6) is 0 Å². The zero-order valence-corrected chi connectivity index (χ0v) is 10.1. The van der Waals surface area contributed by atoms with E-state index in [1.165, 1.54) is 41.5 Å². The number of allylic oxidation sites excluding steroid dienone is 1. The minimum Gasteiger partial charge on any atom is -0.271 e. The Morgan fingerprint density at radius 1 is 1.31 bits per heavy atom. The summed E-state index contributed by atoms with van der Waals surface area (Å²) in [5, 5.41) is 0. The second kappa shape index (κ2) is 4.81. The van der Waals surface area contributed by atoms with Crippen LogP contribution < -0.4 is 11.3 Å². The van der Waals surface area contributed by atoms with Crippen LogP contribution in [0.25, 0.3) is 0 Å². The predicted octanol–water partition coefficient (Wildman–Crippen LogP) is 2.65. The van der Waals surface area contributed by atoms with Gasteiger partial charge in [-0.3, -0.25) is 5.84 Å². The fourth-order valence-corrected chi connectivity index (χ4v) is 2.36. The molecule has 0 spiro atoms. The number of rotatable bonds is 3. The summed E-state index contributed by atoms with van der Waals surface area (Å²) in [6, 6.07) is 6.87. The first-order valence-corrected chi connectivity index (χ1v) is 5.93. The van der Waals surface area contributed by atoms with E-state index in [0.717, 1.165) is 0 Å². The lowest BCUT2D eigenvalue weighted by atomic mass is 10.00. The Bertz CT molecular complexity index is 403. The number of hydrogen-bond donors (Lipinski definition) is 2. The van der Waals surface area contributed by atoms with E-state index >= 15 is 0 Å². The summed E-state index contributed by atoms with van der Waals surface area (Å²) in [7, 11) is 0. The first kappa shape index (κ1) is 11.4. The summed E-state index contributed by atoms with van der Waals surface area (Å²) in [6.45, 7) is 4.19. The van der Waals surface area contributed by atoms with Crippen LogP contribution in [0.2, 0.25) is 0 Å². The van der Waals surface area contributed by atoms with Crippen molar-refractivity contribution < 1.29 is 0 Å². The Balaban J connectivity index is 2.29. The van der Waals surface area contributed by atoms with E-state index in [1.807, 2.05) is 0 Å². The van der Waals surface area contributed by atoms with Crippen molar-refractivity contribution in [2.75, 3.05) is 0 Å². The number of aryl methyl sites for hydroxylation is 2. The zero-order chi connectivity index (χ0) is 11.5. The number of hydrogen-bond acceptors (Lipinski definition) is 2. The third-order valence-corrected chi connectivity index (χ3v) is 3.16. The average molecular weight is 216 g/mol. The lowest BCUT2D eigenvalue weighted by Gasteiger charge is -2.14. The molecule has 1 atom stereocenters. The van der Waals surface area contributed by atoms with Gasteiger partial charge in [0.2, 0.25) is 0 Å². The third-order valence-electron chi connectivity index (χ3n) is 3.16. The topological polar surface area (TPSA) is 38.0 Å². The summed E-state index contributed by atoms with van der Waals surface area (Å²) in [5.41, 5.74) is 8.42. The Labute approximate surface area is 97.5 Å². The zero-order valence-electron chi connectivity index (χ0n) is 10.1. The summed E-state index contributed by atoms with van der Waals surface area (Å²) in [4.78, 5) is 0.